The summed E-state index contributed by atoms with van der Waals surface area (Å²) in [6.07, 6.45) is 0. The zero-order valence-corrected chi connectivity index (χ0v) is 12.5. The van der Waals surface area contributed by atoms with Gasteiger partial charge in [0.25, 0.3) is 0 Å². The van der Waals surface area contributed by atoms with Gasteiger partial charge >= 0.3 is 5.97 Å². The van der Waals surface area contributed by atoms with Crippen LogP contribution in [-0.2, 0) is 11.8 Å². The van der Waals surface area contributed by atoms with E-state index in [0.29, 0.717) is 16.7 Å². The predicted octanol–water partition coefficient (Wildman–Crippen LogP) is 2.16. The quantitative estimate of drug-likeness (QED) is 0.852. The third-order valence-electron chi connectivity index (χ3n) is 2.98. The van der Waals surface area contributed by atoms with Gasteiger partial charge in [0.05, 0.1) is 25.3 Å². The number of aromatic nitrogens is 2. The van der Waals surface area contributed by atoms with Gasteiger partial charge in [-0.15, -0.1) is 0 Å². The summed E-state index contributed by atoms with van der Waals surface area (Å²) in [5.74, 6) is 0.351. The Morgan fingerprint density at radius 2 is 1.95 bits per heavy atom. The van der Waals surface area contributed by atoms with Crippen LogP contribution < -0.4 is 9.47 Å². The van der Waals surface area contributed by atoms with E-state index in [-0.39, 0.29) is 0 Å². The zero-order valence-electron chi connectivity index (χ0n) is 11.7. The molecule has 2 rings (SSSR count). The molecule has 0 spiro atoms. The molecular formula is C13H16N2O4S. The van der Waals surface area contributed by atoms with Gasteiger partial charge in [-0.05, 0) is 6.92 Å². The maximum absolute atomic E-state index is 10.9. The monoisotopic (exact) mass is 296 g/mol. The van der Waals surface area contributed by atoms with Gasteiger partial charge in [0, 0.05) is 19.2 Å². The minimum atomic E-state index is -0.864. The molecule has 7 heteroatoms. The molecule has 0 saturated carbocycles. The van der Waals surface area contributed by atoms with Crippen LogP contribution in [0.1, 0.15) is 6.92 Å². The minimum absolute atomic E-state index is 0.561. The van der Waals surface area contributed by atoms with Crippen molar-refractivity contribution in [2.45, 2.75) is 17.3 Å². The lowest BCUT2D eigenvalue weighted by Gasteiger charge is -2.08. The Labute approximate surface area is 120 Å². The first-order chi connectivity index (χ1) is 9.47. The lowest BCUT2D eigenvalue weighted by Crippen LogP contribution is -2.12. The van der Waals surface area contributed by atoms with Crippen molar-refractivity contribution in [2.75, 3.05) is 14.2 Å². The van der Waals surface area contributed by atoms with E-state index in [4.69, 9.17) is 14.6 Å². The van der Waals surface area contributed by atoms with Gasteiger partial charge in [-0.25, -0.2) is 4.98 Å². The topological polar surface area (TPSA) is 73.6 Å². The van der Waals surface area contributed by atoms with Crippen LogP contribution in [0.15, 0.2) is 17.3 Å². The fourth-order valence-electron chi connectivity index (χ4n) is 1.81. The number of benzene rings is 1. The summed E-state index contributed by atoms with van der Waals surface area (Å²) in [6.45, 7) is 1.63. The van der Waals surface area contributed by atoms with Crippen LogP contribution in [-0.4, -0.2) is 40.1 Å². The number of carboxylic acid groups (broad SMARTS) is 1. The van der Waals surface area contributed by atoms with Gasteiger partial charge in [0.15, 0.2) is 16.7 Å². The van der Waals surface area contributed by atoms with E-state index >= 15 is 0 Å². The van der Waals surface area contributed by atoms with Crippen LogP contribution in [0, 0.1) is 0 Å². The molecule has 108 valence electrons. The van der Waals surface area contributed by atoms with Gasteiger partial charge in [0.2, 0.25) is 0 Å². The molecule has 0 amide bonds. The molecule has 0 aliphatic rings. The van der Waals surface area contributed by atoms with Crippen LogP contribution >= 0.6 is 11.8 Å². The Balaban J connectivity index is 2.49. The third kappa shape index (κ3) is 2.53. The largest absolute Gasteiger partial charge is 0.493 e. The standard InChI is InChI=1S/C13H16N2O4S/c1-7(12(16)17)20-13-14-8-5-10(18-3)11(19-4)6-9(8)15(13)2/h5-7H,1-4H3,(H,16,17). The number of carbonyl (C=O) groups is 1. The van der Waals surface area contributed by atoms with Gasteiger partial charge in [-0.3, -0.25) is 4.79 Å². The zero-order chi connectivity index (χ0) is 14.9. The highest BCUT2D eigenvalue weighted by Gasteiger charge is 2.18. The maximum atomic E-state index is 10.9. The Hall–Kier alpha value is -1.89. The number of carboxylic acids is 1. The molecule has 1 aromatic carbocycles. The summed E-state index contributed by atoms with van der Waals surface area (Å²) in [4.78, 5) is 15.4. The van der Waals surface area contributed by atoms with E-state index in [1.807, 2.05) is 17.7 Å². The fourth-order valence-corrected chi connectivity index (χ4v) is 2.64. The van der Waals surface area contributed by atoms with Crippen molar-refractivity contribution in [1.82, 2.24) is 9.55 Å². The van der Waals surface area contributed by atoms with Crippen LogP contribution in [0.25, 0.3) is 11.0 Å². The van der Waals surface area contributed by atoms with Crippen LogP contribution in [0.2, 0.25) is 0 Å². The highest BCUT2D eigenvalue weighted by Crippen LogP contribution is 2.34. The number of fused-ring (bicyclic) bond motifs is 1. The molecule has 1 atom stereocenters. The van der Waals surface area contributed by atoms with Gasteiger partial charge in [0.1, 0.15) is 5.25 Å². The number of rotatable bonds is 5. The summed E-state index contributed by atoms with van der Waals surface area (Å²) >= 11 is 1.20. The second kappa shape index (κ2) is 5.62. The summed E-state index contributed by atoms with van der Waals surface area (Å²) in [5, 5.41) is 9.06. The molecule has 0 aliphatic carbocycles. The van der Waals surface area contributed by atoms with E-state index < -0.39 is 11.2 Å². The lowest BCUT2D eigenvalue weighted by molar-refractivity contribution is -0.136. The molecular weight excluding hydrogens is 280 g/mol. The molecule has 0 bridgehead atoms. The van der Waals surface area contributed by atoms with Gasteiger partial charge < -0.3 is 19.1 Å². The van der Waals surface area contributed by atoms with Crippen LogP contribution in [0.5, 0.6) is 11.5 Å². The van der Waals surface area contributed by atoms with Crippen molar-refractivity contribution in [1.29, 1.82) is 0 Å². The van der Waals surface area contributed by atoms with E-state index in [0.717, 1.165) is 11.0 Å². The van der Waals surface area contributed by atoms with E-state index in [1.54, 1.807) is 27.2 Å². The van der Waals surface area contributed by atoms with Crippen molar-refractivity contribution in [3.63, 3.8) is 0 Å². The van der Waals surface area contributed by atoms with Gasteiger partial charge in [-0.2, -0.15) is 0 Å². The smallest absolute Gasteiger partial charge is 0.316 e. The minimum Gasteiger partial charge on any atom is -0.493 e. The Morgan fingerprint density at radius 1 is 1.35 bits per heavy atom. The average molecular weight is 296 g/mol. The highest BCUT2D eigenvalue weighted by atomic mass is 32.2. The first-order valence-corrected chi connectivity index (χ1v) is 6.83. The second-order valence-electron chi connectivity index (χ2n) is 4.25. The number of thioether (sulfide) groups is 1. The van der Waals surface area contributed by atoms with Crippen molar-refractivity contribution >= 4 is 28.8 Å². The molecule has 1 heterocycles. The molecule has 1 unspecified atom stereocenters. The summed E-state index contributed by atoms with van der Waals surface area (Å²) in [5.41, 5.74) is 1.60. The Kier molecular flexibility index (Phi) is 4.08. The molecule has 0 saturated heterocycles. The third-order valence-corrected chi connectivity index (χ3v) is 4.11. The number of hydrogen-bond donors (Lipinski definition) is 1. The normalized spacial score (nSPS) is 12.4. The number of imidazole rings is 1. The van der Waals surface area contributed by atoms with Crippen molar-refractivity contribution in [3.05, 3.63) is 12.1 Å². The van der Waals surface area contributed by atoms with Gasteiger partial charge in [-0.1, -0.05) is 11.8 Å². The van der Waals surface area contributed by atoms with E-state index in [1.165, 1.54) is 11.8 Å². The van der Waals surface area contributed by atoms with Crippen molar-refractivity contribution in [2.24, 2.45) is 7.05 Å². The number of hydrogen-bond acceptors (Lipinski definition) is 5. The number of methoxy groups -OCH3 is 2. The average Bonchev–Trinajstić information content (AvgIpc) is 2.73. The second-order valence-corrected chi connectivity index (χ2v) is 5.56. The fraction of sp³-hybridized carbons (Fsp3) is 0.385. The number of nitrogens with zero attached hydrogens (tertiary/aromatic N) is 2. The molecule has 1 N–H and O–H groups in total. The predicted molar refractivity (Wildman–Crippen MR) is 76.8 cm³/mol. The summed E-state index contributed by atoms with van der Waals surface area (Å²) < 4.78 is 12.3. The highest BCUT2D eigenvalue weighted by molar-refractivity contribution is 8.00. The molecule has 1 aromatic heterocycles. The summed E-state index contributed by atoms with van der Waals surface area (Å²) in [6, 6.07) is 3.61. The summed E-state index contributed by atoms with van der Waals surface area (Å²) in [7, 11) is 4.98. The van der Waals surface area contributed by atoms with Crippen LogP contribution in [0.4, 0.5) is 0 Å². The number of ether oxygens (including phenoxy) is 2. The van der Waals surface area contributed by atoms with Crippen molar-refractivity contribution < 1.29 is 19.4 Å². The molecule has 6 nitrogen and oxygen atoms in total. The first kappa shape index (κ1) is 14.5. The molecule has 0 aliphatic heterocycles. The van der Waals surface area contributed by atoms with Crippen molar-refractivity contribution in [3.8, 4) is 11.5 Å². The number of aryl methyl sites for hydroxylation is 1. The number of aliphatic carboxylic acids is 1. The first-order valence-electron chi connectivity index (χ1n) is 5.95. The Bertz CT molecular complexity index is 653. The SMILES string of the molecule is COc1cc2nc(SC(C)C(=O)O)n(C)c2cc1OC. The maximum Gasteiger partial charge on any atom is 0.316 e. The molecule has 0 radical (unpaired) electrons. The van der Waals surface area contributed by atoms with E-state index in [9.17, 15) is 4.79 Å². The molecule has 0 fully saturated rings. The Morgan fingerprint density at radius 3 is 2.50 bits per heavy atom. The lowest BCUT2D eigenvalue weighted by atomic mass is 10.2. The molecule has 20 heavy (non-hydrogen) atoms. The van der Waals surface area contributed by atoms with Crippen LogP contribution in [0.3, 0.4) is 0 Å². The van der Waals surface area contributed by atoms with E-state index in [2.05, 4.69) is 4.98 Å². The molecule has 2 aromatic rings.